The molecule has 1 aromatic heterocycles. The highest BCUT2D eigenvalue weighted by molar-refractivity contribution is 5.99. The third-order valence-electron chi connectivity index (χ3n) is 2.73. The summed E-state index contributed by atoms with van der Waals surface area (Å²) in [4.78, 5) is 16.1. The summed E-state index contributed by atoms with van der Waals surface area (Å²) in [6, 6.07) is 2.04. The van der Waals surface area contributed by atoms with Crippen LogP contribution < -0.4 is 10.6 Å². The van der Waals surface area contributed by atoms with Crippen molar-refractivity contribution in [2.24, 2.45) is 0 Å². The van der Waals surface area contributed by atoms with E-state index in [0.717, 1.165) is 31.5 Å². The van der Waals surface area contributed by atoms with E-state index in [2.05, 4.69) is 29.5 Å². The van der Waals surface area contributed by atoms with Gasteiger partial charge in [-0.05, 0) is 25.8 Å². The van der Waals surface area contributed by atoms with E-state index in [9.17, 15) is 4.79 Å². The van der Waals surface area contributed by atoms with Gasteiger partial charge in [0.25, 0.3) is 5.91 Å². The maximum Gasteiger partial charge on any atom is 0.255 e. The number of hydrogen-bond acceptors (Lipinski definition) is 3. The highest BCUT2D eigenvalue weighted by Crippen LogP contribution is 2.13. The first-order chi connectivity index (χ1) is 8.69. The van der Waals surface area contributed by atoms with E-state index in [1.54, 1.807) is 12.4 Å². The zero-order chi connectivity index (χ0) is 13.4. The molecule has 1 rings (SSSR count). The van der Waals surface area contributed by atoms with Gasteiger partial charge in [0, 0.05) is 25.0 Å². The fraction of sp³-hybridized carbons (Fsp3) is 0.571. The molecule has 0 saturated carbocycles. The molecule has 0 radical (unpaired) electrons. The van der Waals surface area contributed by atoms with Crippen LogP contribution in [0.1, 0.15) is 50.4 Å². The second-order valence-corrected chi connectivity index (χ2v) is 4.51. The van der Waals surface area contributed by atoms with E-state index >= 15 is 0 Å². The second-order valence-electron chi connectivity index (χ2n) is 4.51. The molecular weight excluding hydrogens is 226 g/mol. The second kappa shape index (κ2) is 7.69. The van der Waals surface area contributed by atoms with Crippen LogP contribution in [0.4, 0.5) is 5.69 Å². The third-order valence-corrected chi connectivity index (χ3v) is 2.73. The first kappa shape index (κ1) is 14.5. The molecule has 4 heteroatoms. The molecule has 0 aliphatic heterocycles. The number of pyridine rings is 1. The number of hydrogen-bond donors (Lipinski definition) is 2. The molecule has 0 aromatic carbocycles. The summed E-state index contributed by atoms with van der Waals surface area (Å²) in [5.74, 6) is -0.0531. The number of carbonyl (C=O) groups excluding carboxylic acids is 1. The average Bonchev–Trinajstić information content (AvgIpc) is 2.36. The highest BCUT2D eigenvalue weighted by atomic mass is 16.1. The molecule has 0 bridgehead atoms. The lowest BCUT2D eigenvalue weighted by molar-refractivity contribution is 0.0939. The number of rotatable bonds is 7. The van der Waals surface area contributed by atoms with E-state index in [1.807, 2.05) is 13.0 Å². The molecule has 0 fully saturated rings. The van der Waals surface area contributed by atoms with E-state index in [4.69, 9.17) is 0 Å². The number of carbonyl (C=O) groups is 1. The van der Waals surface area contributed by atoms with Gasteiger partial charge in [-0.15, -0.1) is 0 Å². The number of anilines is 1. The average molecular weight is 249 g/mol. The van der Waals surface area contributed by atoms with Crippen molar-refractivity contribution in [3.8, 4) is 0 Å². The lowest BCUT2D eigenvalue weighted by Crippen LogP contribution is -2.33. The highest BCUT2D eigenvalue weighted by Gasteiger charge is 2.13. The van der Waals surface area contributed by atoms with E-state index in [-0.39, 0.29) is 11.9 Å². The largest absolute Gasteiger partial charge is 0.384 e. The summed E-state index contributed by atoms with van der Waals surface area (Å²) in [7, 11) is 0. The standard InChI is InChI=1S/C14H23N3O/c1-4-6-11(3)17-14(18)12-10-15-9-7-13(12)16-8-5-2/h7,9-11H,4-6,8H2,1-3H3,(H,15,16)(H,17,18). The topological polar surface area (TPSA) is 54.0 Å². The summed E-state index contributed by atoms with van der Waals surface area (Å²) in [6.07, 6.45) is 6.39. The van der Waals surface area contributed by atoms with Crippen molar-refractivity contribution in [3.05, 3.63) is 24.0 Å². The van der Waals surface area contributed by atoms with Gasteiger partial charge in [0.1, 0.15) is 0 Å². The van der Waals surface area contributed by atoms with Crippen LogP contribution in [0.3, 0.4) is 0 Å². The van der Waals surface area contributed by atoms with Gasteiger partial charge in [-0.3, -0.25) is 9.78 Å². The number of nitrogens with one attached hydrogen (secondary N) is 2. The normalized spacial score (nSPS) is 11.9. The molecule has 100 valence electrons. The van der Waals surface area contributed by atoms with E-state index < -0.39 is 0 Å². The Morgan fingerprint density at radius 1 is 1.39 bits per heavy atom. The number of nitrogens with zero attached hydrogens (tertiary/aromatic N) is 1. The van der Waals surface area contributed by atoms with Crippen molar-refractivity contribution in [1.29, 1.82) is 0 Å². The van der Waals surface area contributed by atoms with Gasteiger partial charge in [-0.25, -0.2) is 0 Å². The van der Waals surface area contributed by atoms with Gasteiger partial charge in [-0.2, -0.15) is 0 Å². The third kappa shape index (κ3) is 4.35. The molecule has 0 aliphatic rings. The quantitative estimate of drug-likeness (QED) is 0.781. The van der Waals surface area contributed by atoms with E-state index in [1.165, 1.54) is 0 Å². The zero-order valence-corrected chi connectivity index (χ0v) is 11.5. The van der Waals surface area contributed by atoms with Gasteiger partial charge in [0.05, 0.1) is 11.3 Å². The van der Waals surface area contributed by atoms with Crippen LogP contribution in [-0.4, -0.2) is 23.5 Å². The van der Waals surface area contributed by atoms with Crippen LogP contribution in [0.15, 0.2) is 18.5 Å². The monoisotopic (exact) mass is 249 g/mol. The Labute approximate surface area is 109 Å². The number of aromatic nitrogens is 1. The molecule has 1 atom stereocenters. The van der Waals surface area contributed by atoms with Crippen LogP contribution in [-0.2, 0) is 0 Å². The van der Waals surface area contributed by atoms with Crippen molar-refractivity contribution < 1.29 is 4.79 Å². The van der Waals surface area contributed by atoms with Crippen LogP contribution in [0, 0.1) is 0 Å². The SMILES string of the molecule is CCCNc1ccncc1C(=O)NC(C)CCC. The zero-order valence-electron chi connectivity index (χ0n) is 11.5. The Morgan fingerprint density at radius 2 is 2.17 bits per heavy atom. The maximum absolute atomic E-state index is 12.1. The maximum atomic E-state index is 12.1. The molecular formula is C14H23N3O. The molecule has 1 unspecified atom stereocenters. The molecule has 2 N–H and O–H groups in total. The lowest BCUT2D eigenvalue weighted by Gasteiger charge is -2.15. The van der Waals surface area contributed by atoms with Crippen LogP contribution in [0.2, 0.25) is 0 Å². The molecule has 18 heavy (non-hydrogen) atoms. The minimum Gasteiger partial charge on any atom is -0.384 e. The summed E-state index contributed by atoms with van der Waals surface area (Å²) in [5.41, 5.74) is 1.47. The summed E-state index contributed by atoms with van der Waals surface area (Å²) in [5, 5.41) is 6.24. The molecule has 4 nitrogen and oxygen atoms in total. The lowest BCUT2D eigenvalue weighted by atomic mass is 10.1. The van der Waals surface area contributed by atoms with Gasteiger partial charge in [0.15, 0.2) is 0 Å². The molecule has 0 saturated heterocycles. The Balaban J connectivity index is 2.71. The Morgan fingerprint density at radius 3 is 2.83 bits per heavy atom. The van der Waals surface area contributed by atoms with Crippen molar-refractivity contribution in [3.63, 3.8) is 0 Å². The van der Waals surface area contributed by atoms with Crippen molar-refractivity contribution >= 4 is 11.6 Å². The predicted molar refractivity (Wildman–Crippen MR) is 74.9 cm³/mol. The Kier molecular flexibility index (Phi) is 6.19. The molecule has 0 aliphatic carbocycles. The van der Waals surface area contributed by atoms with Crippen LogP contribution in [0.5, 0.6) is 0 Å². The van der Waals surface area contributed by atoms with Gasteiger partial charge >= 0.3 is 0 Å². The van der Waals surface area contributed by atoms with Gasteiger partial charge < -0.3 is 10.6 Å². The van der Waals surface area contributed by atoms with Crippen molar-refractivity contribution in [2.45, 2.75) is 46.1 Å². The van der Waals surface area contributed by atoms with E-state index in [0.29, 0.717) is 5.56 Å². The first-order valence-corrected chi connectivity index (χ1v) is 6.67. The smallest absolute Gasteiger partial charge is 0.255 e. The minimum atomic E-state index is -0.0531. The van der Waals surface area contributed by atoms with Crippen molar-refractivity contribution in [1.82, 2.24) is 10.3 Å². The predicted octanol–water partition coefficient (Wildman–Crippen LogP) is 2.82. The minimum absolute atomic E-state index is 0.0531. The molecule has 1 heterocycles. The van der Waals surface area contributed by atoms with Crippen molar-refractivity contribution in [2.75, 3.05) is 11.9 Å². The van der Waals surface area contributed by atoms with Crippen LogP contribution >= 0.6 is 0 Å². The fourth-order valence-corrected chi connectivity index (χ4v) is 1.80. The van der Waals surface area contributed by atoms with Crippen LogP contribution in [0.25, 0.3) is 0 Å². The summed E-state index contributed by atoms with van der Waals surface area (Å²) >= 11 is 0. The number of amides is 1. The Bertz CT molecular complexity index is 379. The molecule has 1 amide bonds. The molecule has 0 spiro atoms. The summed E-state index contributed by atoms with van der Waals surface area (Å²) < 4.78 is 0. The summed E-state index contributed by atoms with van der Waals surface area (Å²) in [6.45, 7) is 7.09. The van der Waals surface area contributed by atoms with Gasteiger partial charge in [0.2, 0.25) is 0 Å². The Hall–Kier alpha value is -1.58. The molecule has 1 aromatic rings. The first-order valence-electron chi connectivity index (χ1n) is 6.67. The van der Waals surface area contributed by atoms with Gasteiger partial charge in [-0.1, -0.05) is 20.3 Å². The fourth-order valence-electron chi connectivity index (χ4n) is 1.80.